The molecule has 7 heteroatoms. The van der Waals surface area contributed by atoms with Crippen molar-refractivity contribution >= 4 is 11.7 Å². The zero-order valence-corrected chi connectivity index (χ0v) is 9.32. The first-order valence-electron chi connectivity index (χ1n) is 4.93. The molecule has 18 heavy (non-hydrogen) atoms. The van der Waals surface area contributed by atoms with E-state index in [2.05, 4.69) is 9.89 Å². The third-order valence-corrected chi connectivity index (χ3v) is 2.27. The predicted octanol–water partition coefficient (Wildman–Crippen LogP) is 2.04. The van der Waals surface area contributed by atoms with Crippen LogP contribution in [0, 0.1) is 10.1 Å². The van der Waals surface area contributed by atoms with Crippen LogP contribution in [0.4, 0.5) is 5.69 Å². The van der Waals surface area contributed by atoms with Crippen molar-refractivity contribution in [3.8, 4) is 11.3 Å². The van der Waals surface area contributed by atoms with E-state index in [4.69, 9.17) is 4.52 Å². The van der Waals surface area contributed by atoms with E-state index in [0.717, 1.165) is 7.11 Å². The molecule has 0 spiro atoms. The zero-order chi connectivity index (χ0) is 13.1. The van der Waals surface area contributed by atoms with Gasteiger partial charge < -0.3 is 9.26 Å². The van der Waals surface area contributed by atoms with Gasteiger partial charge in [-0.3, -0.25) is 10.1 Å². The van der Waals surface area contributed by atoms with Gasteiger partial charge in [0.15, 0.2) is 5.69 Å². The Labute approximate surface area is 101 Å². The van der Waals surface area contributed by atoms with E-state index in [-0.39, 0.29) is 5.69 Å². The molecule has 2 rings (SSSR count). The van der Waals surface area contributed by atoms with E-state index in [9.17, 15) is 14.9 Å². The number of methoxy groups -OCH3 is 1. The second-order valence-electron chi connectivity index (χ2n) is 3.32. The number of hydrogen-bond acceptors (Lipinski definition) is 6. The number of carbonyl (C=O) groups is 1. The molecular formula is C11H8N2O5. The van der Waals surface area contributed by atoms with Crippen LogP contribution in [-0.4, -0.2) is 23.2 Å². The minimum atomic E-state index is -0.934. The molecule has 1 aromatic heterocycles. The minimum absolute atomic E-state index is 0.000926. The lowest BCUT2D eigenvalue weighted by Crippen LogP contribution is -2.03. The van der Waals surface area contributed by atoms with Crippen LogP contribution in [0.2, 0.25) is 0 Å². The summed E-state index contributed by atoms with van der Waals surface area (Å²) < 4.78 is 9.10. The van der Waals surface area contributed by atoms with Crippen LogP contribution < -0.4 is 0 Å². The monoisotopic (exact) mass is 248 g/mol. The van der Waals surface area contributed by atoms with Gasteiger partial charge in [-0.05, 0) is 0 Å². The summed E-state index contributed by atoms with van der Waals surface area (Å²) in [7, 11) is 1.11. The average molecular weight is 248 g/mol. The van der Waals surface area contributed by atoms with Gasteiger partial charge in [-0.15, -0.1) is 0 Å². The molecular weight excluding hydrogens is 240 g/mol. The average Bonchev–Trinajstić information content (AvgIpc) is 2.83. The fourth-order valence-electron chi connectivity index (χ4n) is 1.47. The van der Waals surface area contributed by atoms with Crippen molar-refractivity contribution in [2.45, 2.75) is 0 Å². The molecule has 2 aromatic rings. The van der Waals surface area contributed by atoms with E-state index in [0.29, 0.717) is 5.56 Å². The summed E-state index contributed by atoms with van der Waals surface area (Å²) in [5, 5.41) is 14.6. The molecule has 0 amide bonds. The molecule has 0 saturated heterocycles. The molecule has 92 valence electrons. The Balaban J connectivity index is 2.60. The van der Waals surface area contributed by atoms with Gasteiger partial charge in [0.25, 0.3) is 0 Å². The number of rotatable bonds is 3. The Bertz CT molecular complexity index is 591. The summed E-state index contributed by atoms with van der Waals surface area (Å²) in [6, 6.07) is 8.42. The van der Waals surface area contributed by atoms with E-state index < -0.39 is 22.3 Å². The normalized spacial score (nSPS) is 10.1. The molecule has 0 radical (unpaired) electrons. The van der Waals surface area contributed by atoms with Crippen LogP contribution >= 0.6 is 0 Å². The summed E-state index contributed by atoms with van der Waals surface area (Å²) in [4.78, 5) is 21.6. The van der Waals surface area contributed by atoms with Crippen molar-refractivity contribution in [1.82, 2.24) is 5.16 Å². The first-order chi connectivity index (χ1) is 8.65. The molecule has 0 atom stereocenters. The van der Waals surface area contributed by atoms with Crippen LogP contribution in [0.15, 0.2) is 34.9 Å². The van der Waals surface area contributed by atoms with Crippen LogP contribution in [0.1, 0.15) is 10.6 Å². The Morgan fingerprint density at radius 1 is 1.39 bits per heavy atom. The number of esters is 1. The van der Waals surface area contributed by atoms with Gasteiger partial charge >= 0.3 is 17.4 Å². The van der Waals surface area contributed by atoms with Crippen LogP contribution in [0.3, 0.4) is 0 Å². The summed E-state index contributed by atoms with van der Waals surface area (Å²) in [5.41, 5.74) is -0.00264. The van der Waals surface area contributed by atoms with Crippen LogP contribution in [0.5, 0.6) is 0 Å². The van der Waals surface area contributed by atoms with Gasteiger partial charge in [0.05, 0.1) is 12.0 Å². The van der Waals surface area contributed by atoms with Crippen molar-refractivity contribution in [3.63, 3.8) is 0 Å². The smallest absolute Gasteiger partial charge is 0.384 e. The van der Waals surface area contributed by atoms with Crippen molar-refractivity contribution < 1.29 is 19.0 Å². The summed E-state index contributed by atoms with van der Waals surface area (Å²) in [5.74, 6) is -1.45. The first kappa shape index (κ1) is 11.8. The number of hydrogen-bond donors (Lipinski definition) is 0. The quantitative estimate of drug-likeness (QED) is 0.468. The fourth-order valence-corrected chi connectivity index (χ4v) is 1.47. The first-order valence-corrected chi connectivity index (χ1v) is 4.93. The zero-order valence-electron chi connectivity index (χ0n) is 9.32. The predicted molar refractivity (Wildman–Crippen MR) is 59.9 cm³/mol. The Morgan fingerprint density at radius 2 is 2.06 bits per heavy atom. The third-order valence-electron chi connectivity index (χ3n) is 2.27. The lowest BCUT2D eigenvalue weighted by Gasteiger charge is -1.95. The van der Waals surface area contributed by atoms with E-state index in [1.165, 1.54) is 0 Å². The van der Waals surface area contributed by atoms with Gasteiger partial charge in [-0.25, -0.2) is 4.79 Å². The van der Waals surface area contributed by atoms with Crippen molar-refractivity contribution in [2.24, 2.45) is 0 Å². The number of benzene rings is 1. The topological polar surface area (TPSA) is 95.5 Å². The third kappa shape index (κ3) is 1.93. The number of nitrogens with zero attached hydrogens (tertiary/aromatic N) is 2. The van der Waals surface area contributed by atoms with Crippen molar-refractivity contribution in [1.29, 1.82) is 0 Å². The highest BCUT2D eigenvalue weighted by molar-refractivity contribution is 5.93. The number of carbonyl (C=O) groups excluding carboxylic acids is 1. The summed E-state index contributed by atoms with van der Waals surface area (Å²) >= 11 is 0. The van der Waals surface area contributed by atoms with Gasteiger partial charge in [0.1, 0.15) is 0 Å². The molecule has 0 fully saturated rings. The number of aromatic nitrogens is 1. The highest BCUT2D eigenvalue weighted by Crippen LogP contribution is 2.32. The highest BCUT2D eigenvalue weighted by atomic mass is 16.6. The fraction of sp³-hybridized carbons (Fsp3) is 0.0909. The molecule has 0 bridgehead atoms. The molecule has 0 N–H and O–H groups in total. The summed E-state index contributed by atoms with van der Waals surface area (Å²) in [6.07, 6.45) is 0. The van der Waals surface area contributed by atoms with Crippen LogP contribution in [0.25, 0.3) is 11.3 Å². The Kier molecular flexibility index (Phi) is 3.05. The lowest BCUT2D eigenvalue weighted by atomic mass is 10.1. The second kappa shape index (κ2) is 4.66. The van der Waals surface area contributed by atoms with Gasteiger partial charge in [0.2, 0.25) is 0 Å². The molecule has 0 aliphatic carbocycles. The minimum Gasteiger partial charge on any atom is -0.463 e. The maximum absolute atomic E-state index is 11.3. The van der Waals surface area contributed by atoms with Crippen LogP contribution in [-0.2, 0) is 4.74 Å². The maximum atomic E-state index is 11.3. The summed E-state index contributed by atoms with van der Waals surface area (Å²) in [6.45, 7) is 0. The largest absolute Gasteiger partial charge is 0.463 e. The number of nitro groups is 1. The lowest BCUT2D eigenvalue weighted by molar-refractivity contribution is -0.384. The highest BCUT2D eigenvalue weighted by Gasteiger charge is 2.33. The Morgan fingerprint density at radius 3 is 2.61 bits per heavy atom. The number of ether oxygens (including phenoxy) is 1. The van der Waals surface area contributed by atoms with Gasteiger partial charge in [-0.1, -0.05) is 35.5 Å². The molecule has 1 heterocycles. The SMILES string of the molecule is COC(=O)c1onc(-c2ccccc2)c1[N+](=O)[O-]. The molecule has 0 aliphatic rings. The maximum Gasteiger partial charge on any atom is 0.384 e. The van der Waals surface area contributed by atoms with Crippen molar-refractivity contribution in [3.05, 3.63) is 46.2 Å². The van der Waals surface area contributed by atoms with E-state index >= 15 is 0 Å². The van der Waals surface area contributed by atoms with E-state index in [1.54, 1.807) is 30.3 Å². The molecule has 7 nitrogen and oxygen atoms in total. The molecule has 0 unspecified atom stereocenters. The van der Waals surface area contributed by atoms with Gasteiger partial charge in [-0.2, -0.15) is 0 Å². The molecule has 0 aliphatic heterocycles. The molecule has 0 saturated carbocycles. The molecule has 1 aromatic carbocycles. The van der Waals surface area contributed by atoms with Gasteiger partial charge in [0, 0.05) is 5.56 Å². The Hall–Kier alpha value is -2.70. The van der Waals surface area contributed by atoms with E-state index in [1.807, 2.05) is 0 Å². The second-order valence-corrected chi connectivity index (χ2v) is 3.32. The van der Waals surface area contributed by atoms with Crippen molar-refractivity contribution in [2.75, 3.05) is 7.11 Å². The standard InChI is InChI=1S/C11H8N2O5/c1-17-11(14)10-9(13(15)16)8(12-18-10)7-5-3-2-4-6-7/h2-6H,1H3.